The Morgan fingerprint density at radius 2 is 1.50 bits per heavy atom. The molecular formula is C14H21F3O2Si. The van der Waals surface area contributed by atoms with E-state index in [2.05, 4.69) is 0 Å². The van der Waals surface area contributed by atoms with Crippen LogP contribution in [0, 0.1) is 17.5 Å². The van der Waals surface area contributed by atoms with Gasteiger partial charge < -0.3 is 8.85 Å². The van der Waals surface area contributed by atoms with Crippen molar-refractivity contribution in [1.29, 1.82) is 0 Å². The van der Waals surface area contributed by atoms with Crippen LogP contribution in [0.5, 0.6) is 0 Å². The summed E-state index contributed by atoms with van der Waals surface area (Å²) in [5.74, 6) is -2.50. The van der Waals surface area contributed by atoms with E-state index in [0.717, 1.165) is 31.0 Å². The quantitative estimate of drug-likeness (QED) is 0.530. The average Bonchev–Trinajstić information content (AvgIpc) is 2.40. The highest BCUT2D eigenvalue weighted by Crippen LogP contribution is 2.20. The molecule has 0 aliphatic rings. The van der Waals surface area contributed by atoms with E-state index >= 15 is 0 Å². The fourth-order valence-electron chi connectivity index (χ4n) is 2.02. The van der Waals surface area contributed by atoms with Crippen molar-refractivity contribution >= 4 is 8.56 Å². The molecule has 1 aromatic rings. The monoisotopic (exact) mass is 306 g/mol. The Morgan fingerprint density at radius 3 is 2.00 bits per heavy atom. The zero-order valence-electron chi connectivity index (χ0n) is 12.1. The first-order chi connectivity index (χ1) is 9.41. The summed E-state index contributed by atoms with van der Waals surface area (Å²) in [5.41, 5.74) is -0.0371. The van der Waals surface area contributed by atoms with Crippen LogP contribution in [0.4, 0.5) is 13.2 Å². The molecule has 114 valence electrons. The standard InChI is InChI=1S/C14H21F3O2Si/c1-18-20(3,19-2)8-6-4-5-7-12-13(16)9-11(15)10-14(12)17/h9-10H,4-8H2,1-3H3. The number of hydrogen-bond acceptors (Lipinski definition) is 2. The number of rotatable bonds is 8. The number of unbranched alkanes of at least 4 members (excludes halogenated alkanes) is 2. The Morgan fingerprint density at radius 1 is 0.950 bits per heavy atom. The highest BCUT2D eigenvalue weighted by atomic mass is 28.4. The molecule has 0 spiro atoms. The summed E-state index contributed by atoms with van der Waals surface area (Å²) in [6.07, 6.45) is 2.63. The lowest BCUT2D eigenvalue weighted by atomic mass is 10.1. The number of halogens is 3. The Hall–Kier alpha value is -0.853. The Labute approximate surface area is 119 Å². The van der Waals surface area contributed by atoms with Gasteiger partial charge in [0.1, 0.15) is 17.5 Å². The molecule has 2 nitrogen and oxygen atoms in total. The third kappa shape index (κ3) is 4.92. The van der Waals surface area contributed by atoms with Crippen molar-refractivity contribution in [3.05, 3.63) is 35.1 Å². The molecule has 0 bridgehead atoms. The van der Waals surface area contributed by atoms with E-state index in [9.17, 15) is 13.2 Å². The maximum atomic E-state index is 13.4. The van der Waals surface area contributed by atoms with Gasteiger partial charge in [-0.15, -0.1) is 0 Å². The Kier molecular flexibility index (Phi) is 6.71. The fraction of sp³-hybridized carbons (Fsp3) is 0.571. The van der Waals surface area contributed by atoms with Crippen molar-refractivity contribution in [3.63, 3.8) is 0 Å². The summed E-state index contributed by atoms with van der Waals surface area (Å²) in [7, 11) is 1.22. The first-order valence-electron chi connectivity index (χ1n) is 6.65. The third-order valence-corrected chi connectivity index (χ3v) is 6.52. The Bertz CT molecular complexity index is 413. The molecule has 0 radical (unpaired) electrons. The normalized spacial score (nSPS) is 11.9. The first-order valence-corrected chi connectivity index (χ1v) is 9.18. The maximum Gasteiger partial charge on any atom is 0.334 e. The van der Waals surface area contributed by atoms with Crippen LogP contribution >= 0.6 is 0 Å². The van der Waals surface area contributed by atoms with Gasteiger partial charge in [-0.3, -0.25) is 0 Å². The largest absolute Gasteiger partial charge is 0.398 e. The van der Waals surface area contributed by atoms with Crippen molar-refractivity contribution in [2.75, 3.05) is 14.2 Å². The van der Waals surface area contributed by atoms with Crippen molar-refractivity contribution < 1.29 is 22.0 Å². The summed E-state index contributed by atoms with van der Waals surface area (Å²) in [4.78, 5) is 0. The summed E-state index contributed by atoms with van der Waals surface area (Å²) < 4.78 is 50.3. The van der Waals surface area contributed by atoms with Crippen molar-refractivity contribution in [3.8, 4) is 0 Å². The second-order valence-electron chi connectivity index (χ2n) is 4.95. The SMILES string of the molecule is CO[Si](C)(CCCCCc1c(F)cc(F)cc1F)OC. The maximum absolute atomic E-state index is 13.4. The van der Waals surface area contributed by atoms with E-state index in [4.69, 9.17) is 8.85 Å². The topological polar surface area (TPSA) is 18.5 Å². The molecule has 0 aliphatic heterocycles. The van der Waals surface area contributed by atoms with Gasteiger partial charge in [-0.25, -0.2) is 13.2 Å². The lowest BCUT2D eigenvalue weighted by Crippen LogP contribution is -2.35. The molecular weight excluding hydrogens is 285 g/mol. The number of benzene rings is 1. The zero-order valence-corrected chi connectivity index (χ0v) is 13.1. The summed E-state index contributed by atoms with van der Waals surface area (Å²) >= 11 is 0. The van der Waals surface area contributed by atoms with Gasteiger partial charge >= 0.3 is 8.56 Å². The second-order valence-corrected chi connectivity index (χ2v) is 8.53. The van der Waals surface area contributed by atoms with Crippen LogP contribution in [0.25, 0.3) is 0 Å². The highest BCUT2D eigenvalue weighted by molar-refractivity contribution is 6.65. The molecule has 0 saturated carbocycles. The van der Waals surface area contributed by atoms with E-state index in [-0.39, 0.29) is 12.0 Å². The molecule has 0 fully saturated rings. The minimum absolute atomic E-state index is 0.0371. The van der Waals surface area contributed by atoms with Crippen molar-refractivity contribution in [2.45, 2.75) is 38.3 Å². The predicted octanol–water partition coefficient (Wildman–Crippen LogP) is 4.18. The lowest BCUT2D eigenvalue weighted by molar-refractivity contribution is 0.248. The van der Waals surface area contributed by atoms with Crippen LogP contribution < -0.4 is 0 Å². The van der Waals surface area contributed by atoms with Gasteiger partial charge in [-0.1, -0.05) is 12.8 Å². The van der Waals surface area contributed by atoms with Crippen LogP contribution in [-0.4, -0.2) is 22.8 Å². The van der Waals surface area contributed by atoms with Crippen molar-refractivity contribution in [2.24, 2.45) is 0 Å². The van der Waals surface area contributed by atoms with Crippen molar-refractivity contribution in [1.82, 2.24) is 0 Å². The molecule has 0 aromatic heterocycles. The molecule has 0 aliphatic carbocycles. The van der Waals surface area contributed by atoms with Gasteiger partial charge in [0.25, 0.3) is 0 Å². The third-order valence-electron chi connectivity index (χ3n) is 3.53. The molecule has 0 atom stereocenters. The van der Waals surface area contributed by atoms with Gasteiger partial charge in [-0.2, -0.15) is 0 Å². The smallest absolute Gasteiger partial charge is 0.334 e. The summed E-state index contributed by atoms with van der Waals surface area (Å²) in [6, 6.07) is 2.28. The minimum atomic E-state index is -2.05. The molecule has 0 saturated heterocycles. The second kappa shape index (κ2) is 7.80. The predicted molar refractivity (Wildman–Crippen MR) is 74.3 cm³/mol. The summed E-state index contributed by atoms with van der Waals surface area (Å²) in [6.45, 7) is 1.98. The van der Waals surface area contributed by atoms with Gasteiger partial charge in [0, 0.05) is 31.9 Å². The van der Waals surface area contributed by atoms with Gasteiger partial charge in [0.05, 0.1) is 0 Å². The average molecular weight is 306 g/mol. The molecule has 20 heavy (non-hydrogen) atoms. The van der Waals surface area contributed by atoms with E-state index in [1.54, 1.807) is 14.2 Å². The minimum Gasteiger partial charge on any atom is -0.398 e. The number of hydrogen-bond donors (Lipinski definition) is 0. The zero-order chi connectivity index (χ0) is 15.2. The first kappa shape index (κ1) is 17.2. The van der Waals surface area contributed by atoms with E-state index in [1.165, 1.54) is 0 Å². The Balaban J connectivity index is 2.39. The lowest BCUT2D eigenvalue weighted by Gasteiger charge is -2.22. The van der Waals surface area contributed by atoms with E-state index in [1.807, 2.05) is 6.55 Å². The van der Waals surface area contributed by atoms with Gasteiger partial charge in [0.15, 0.2) is 0 Å². The van der Waals surface area contributed by atoms with Crippen LogP contribution in [-0.2, 0) is 15.3 Å². The molecule has 0 heterocycles. The van der Waals surface area contributed by atoms with Crippen LogP contribution in [0.15, 0.2) is 12.1 Å². The fourth-order valence-corrected chi connectivity index (χ4v) is 3.49. The van der Waals surface area contributed by atoms with E-state index in [0.29, 0.717) is 6.42 Å². The van der Waals surface area contributed by atoms with Crippen LogP contribution in [0.3, 0.4) is 0 Å². The molecule has 6 heteroatoms. The van der Waals surface area contributed by atoms with Gasteiger partial charge in [0.2, 0.25) is 0 Å². The highest BCUT2D eigenvalue weighted by Gasteiger charge is 2.27. The molecule has 0 N–H and O–H groups in total. The van der Waals surface area contributed by atoms with Crippen LogP contribution in [0.2, 0.25) is 12.6 Å². The molecule has 0 unspecified atom stereocenters. The molecule has 1 aromatic carbocycles. The van der Waals surface area contributed by atoms with Gasteiger partial charge in [-0.05, 0) is 25.4 Å². The van der Waals surface area contributed by atoms with Crippen LogP contribution in [0.1, 0.15) is 24.8 Å². The summed E-state index contributed by atoms with van der Waals surface area (Å²) in [5, 5.41) is 0. The van der Waals surface area contributed by atoms with E-state index < -0.39 is 26.0 Å². The molecule has 0 amide bonds. The molecule has 1 rings (SSSR count).